The summed E-state index contributed by atoms with van der Waals surface area (Å²) in [6.07, 6.45) is 2.40. The van der Waals surface area contributed by atoms with Crippen LogP contribution in [-0.2, 0) is 25.7 Å². The number of nitro benzene ring substituents is 1. The number of methoxy groups -OCH3 is 1. The van der Waals surface area contributed by atoms with Crippen LogP contribution in [0.4, 0.5) is 30.2 Å². The molecule has 2 saturated heterocycles. The highest BCUT2D eigenvalue weighted by atomic mass is 35.5. The maximum Gasteiger partial charge on any atom is 0.416 e. The van der Waals surface area contributed by atoms with E-state index in [4.69, 9.17) is 21.1 Å². The van der Waals surface area contributed by atoms with E-state index in [0.717, 1.165) is 47.6 Å². The first-order valence-corrected chi connectivity index (χ1v) is 24.8. The first-order chi connectivity index (χ1) is 33.3. The van der Waals surface area contributed by atoms with Crippen molar-refractivity contribution in [2.24, 2.45) is 11.3 Å². The number of carbonyl (C=O) groups excluding carboxylic acids is 2. The summed E-state index contributed by atoms with van der Waals surface area (Å²) in [4.78, 5) is 50.8. The number of benzene rings is 3. The van der Waals surface area contributed by atoms with Crippen molar-refractivity contribution in [2.75, 3.05) is 76.3 Å². The summed E-state index contributed by atoms with van der Waals surface area (Å²) in [5.41, 5.74) is 2.70. The van der Waals surface area contributed by atoms with E-state index in [1.165, 1.54) is 37.6 Å². The molecule has 3 aliphatic rings. The quantitative estimate of drug-likeness (QED) is 0.0667. The Morgan fingerprint density at radius 1 is 1.00 bits per heavy atom. The lowest BCUT2D eigenvalue weighted by Gasteiger charge is -2.39. The molecule has 2 aromatic heterocycles. The fourth-order valence-electron chi connectivity index (χ4n) is 9.32. The molecule has 372 valence electrons. The van der Waals surface area contributed by atoms with Gasteiger partial charge in [-0.2, -0.15) is 13.2 Å². The summed E-state index contributed by atoms with van der Waals surface area (Å²) < 4.78 is 81.4. The Kier molecular flexibility index (Phi) is 14.8. The van der Waals surface area contributed by atoms with Crippen molar-refractivity contribution in [1.82, 2.24) is 24.5 Å². The number of piperazine rings is 1. The standard InChI is InChI=1S/C49H54ClF3N8O8S/c1-48(2)14-10-33(40(26-48)38-7-4-34(23-41(38)50)49(51,52)53)29-58-18-20-59(21-19-58)35-5-8-39(44(24-35)69-36-22-32-11-15-54-46(32)56-28-36)47(63)57-70(66,67)37-6-9-42(43(25-37)61(64)65)55-27-31-12-16-60(17-13-31)45(62)30-68-3/h4-9,11,15,22-25,28,31,55H,10,12-14,16-21,26-27,29-30H2,1-3H3,(H,54,56)(H,57,63). The van der Waals surface area contributed by atoms with Gasteiger partial charge in [0.15, 0.2) is 0 Å². The topological polar surface area (TPSA) is 192 Å². The number of fused-ring (bicyclic) bond motifs is 1. The smallest absolute Gasteiger partial charge is 0.416 e. The van der Waals surface area contributed by atoms with E-state index in [-0.39, 0.29) is 51.6 Å². The van der Waals surface area contributed by atoms with E-state index < -0.39 is 43.2 Å². The van der Waals surface area contributed by atoms with E-state index in [0.29, 0.717) is 88.5 Å². The average molecular weight is 1010 g/mol. The number of H-pyrrole nitrogens is 1. The Morgan fingerprint density at radius 3 is 2.46 bits per heavy atom. The molecule has 70 heavy (non-hydrogen) atoms. The second-order valence-corrected chi connectivity index (χ2v) is 20.8. The number of nitrogens with zero attached hydrogens (tertiary/aromatic N) is 5. The average Bonchev–Trinajstić information content (AvgIpc) is 3.79. The van der Waals surface area contributed by atoms with Crippen molar-refractivity contribution in [3.8, 4) is 11.5 Å². The van der Waals surface area contributed by atoms with Gasteiger partial charge >= 0.3 is 6.18 Å². The highest BCUT2D eigenvalue weighted by Gasteiger charge is 2.34. The first kappa shape index (κ1) is 50.2. The molecule has 3 aromatic carbocycles. The summed E-state index contributed by atoms with van der Waals surface area (Å²) in [6.45, 7) is 8.75. The number of halogens is 4. The number of sulfonamides is 1. The van der Waals surface area contributed by atoms with Gasteiger partial charge in [0.05, 0.1) is 27.1 Å². The summed E-state index contributed by atoms with van der Waals surface area (Å²) in [5.74, 6) is -0.707. The molecule has 2 amide bonds. The van der Waals surface area contributed by atoms with E-state index in [1.54, 1.807) is 35.4 Å². The number of rotatable bonds is 15. The molecule has 0 saturated carbocycles. The van der Waals surface area contributed by atoms with Crippen molar-refractivity contribution in [3.05, 3.63) is 117 Å². The van der Waals surface area contributed by atoms with Crippen LogP contribution >= 0.6 is 11.6 Å². The van der Waals surface area contributed by atoms with Gasteiger partial charge in [0.25, 0.3) is 21.6 Å². The number of nitro groups is 1. The van der Waals surface area contributed by atoms with Gasteiger partial charge in [0, 0.05) is 93.9 Å². The molecule has 4 heterocycles. The molecule has 0 spiro atoms. The number of aromatic nitrogens is 2. The molecule has 0 unspecified atom stereocenters. The Morgan fingerprint density at radius 2 is 1.76 bits per heavy atom. The number of allylic oxidation sites excluding steroid dienone is 1. The van der Waals surface area contributed by atoms with Crippen LogP contribution in [-0.4, -0.2) is 111 Å². The monoisotopic (exact) mass is 1010 g/mol. The lowest BCUT2D eigenvalue weighted by molar-refractivity contribution is -0.384. The van der Waals surface area contributed by atoms with Crippen molar-refractivity contribution < 1.29 is 45.6 Å². The number of ether oxygens (including phenoxy) is 2. The van der Waals surface area contributed by atoms with Crippen LogP contribution < -0.4 is 19.7 Å². The summed E-state index contributed by atoms with van der Waals surface area (Å²) in [7, 11) is -3.20. The number of amides is 2. The zero-order chi connectivity index (χ0) is 50.0. The number of piperidine rings is 1. The molecule has 0 radical (unpaired) electrons. The van der Waals surface area contributed by atoms with Crippen molar-refractivity contribution >= 4 is 67.1 Å². The number of hydrogen-bond donors (Lipinski definition) is 3. The number of likely N-dealkylation sites (tertiary alicyclic amines) is 1. The highest BCUT2D eigenvalue weighted by molar-refractivity contribution is 7.90. The lowest BCUT2D eigenvalue weighted by atomic mass is 9.72. The molecule has 1 aliphatic carbocycles. The Bertz CT molecular complexity index is 2930. The van der Waals surface area contributed by atoms with E-state index in [1.807, 2.05) is 0 Å². The molecule has 0 atom stereocenters. The van der Waals surface area contributed by atoms with Crippen LogP contribution in [0, 0.1) is 21.4 Å². The molecular formula is C49H54ClF3N8O8S. The predicted molar refractivity (Wildman–Crippen MR) is 260 cm³/mol. The second kappa shape index (κ2) is 20.6. The predicted octanol–water partition coefficient (Wildman–Crippen LogP) is 9.14. The third-order valence-corrected chi connectivity index (χ3v) is 14.9. The summed E-state index contributed by atoms with van der Waals surface area (Å²) in [6, 6.07) is 15.3. The highest BCUT2D eigenvalue weighted by Crippen LogP contribution is 2.46. The molecule has 16 nitrogen and oxygen atoms in total. The Balaban J connectivity index is 0.978. The van der Waals surface area contributed by atoms with E-state index in [9.17, 15) is 41.3 Å². The van der Waals surface area contributed by atoms with Crippen LogP contribution in [0.25, 0.3) is 16.6 Å². The van der Waals surface area contributed by atoms with Gasteiger partial charge in [-0.1, -0.05) is 37.1 Å². The number of carbonyl (C=O) groups is 2. The summed E-state index contributed by atoms with van der Waals surface area (Å²) >= 11 is 6.54. The van der Waals surface area contributed by atoms with Crippen LogP contribution in [0.3, 0.4) is 0 Å². The minimum Gasteiger partial charge on any atom is -0.455 e. The summed E-state index contributed by atoms with van der Waals surface area (Å²) in [5, 5.41) is 16.1. The number of pyridine rings is 1. The Labute approximate surface area is 408 Å². The van der Waals surface area contributed by atoms with E-state index in [2.05, 4.69) is 43.7 Å². The van der Waals surface area contributed by atoms with Crippen LogP contribution in [0.5, 0.6) is 11.5 Å². The number of alkyl halides is 3. The van der Waals surface area contributed by atoms with Crippen LogP contribution in [0.1, 0.15) is 67.4 Å². The first-order valence-electron chi connectivity index (χ1n) is 22.9. The maximum absolute atomic E-state index is 14.0. The minimum absolute atomic E-state index is 0.00510. The normalized spacial score (nSPS) is 17.2. The molecule has 5 aromatic rings. The molecule has 21 heteroatoms. The second-order valence-electron chi connectivity index (χ2n) is 18.8. The van der Waals surface area contributed by atoms with Crippen molar-refractivity contribution in [2.45, 2.75) is 57.0 Å². The minimum atomic E-state index is -4.66. The molecule has 2 fully saturated rings. The zero-order valence-corrected chi connectivity index (χ0v) is 40.5. The fraction of sp³-hybridized carbons (Fsp3) is 0.408. The van der Waals surface area contributed by atoms with Gasteiger partial charge < -0.3 is 29.6 Å². The van der Waals surface area contributed by atoms with Gasteiger partial charge in [-0.3, -0.25) is 24.6 Å². The SMILES string of the molecule is COCC(=O)N1CCC(CNc2ccc(S(=O)(=O)NC(=O)c3ccc(N4CCN(CC5=C(c6ccc(C(F)(F)F)cc6Cl)CC(C)(C)CC5)CC4)cc3Oc3cnc4[nH]ccc4c3)cc2[N+](=O)[O-])CC1. The zero-order valence-electron chi connectivity index (χ0n) is 38.9. The number of hydrogen-bond acceptors (Lipinski definition) is 12. The Hall–Kier alpha value is -6.22. The lowest BCUT2D eigenvalue weighted by Crippen LogP contribution is -2.47. The number of anilines is 2. The van der Waals surface area contributed by atoms with Crippen LogP contribution in [0.15, 0.2) is 89.6 Å². The largest absolute Gasteiger partial charge is 0.455 e. The van der Waals surface area contributed by atoms with Crippen LogP contribution in [0.2, 0.25) is 5.02 Å². The molecule has 8 rings (SSSR count). The third-order valence-electron chi connectivity index (χ3n) is 13.3. The molecular weight excluding hydrogens is 953 g/mol. The third kappa shape index (κ3) is 11.7. The van der Waals surface area contributed by atoms with Gasteiger partial charge in [0.2, 0.25) is 5.91 Å². The van der Waals surface area contributed by atoms with Gasteiger partial charge in [-0.05, 0) is 103 Å². The maximum atomic E-state index is 14.0. The molecule has 0 bridgehead atoms. The van der Waals surface area contributed by atoms with Crippen molar-refractivity contribution in [3.63, 3.8) is 0 Å². The molecule has 3 N–H and O–H groups in total. The fourth-order valence-corrected chi connectivity index (χ4v) is 10.6. The van der Waals surface area contributed by atoms with Gasteiger partial charge in [-0.15, -0.1) is 0 Å². The van der Waals surface area contributed by atoms with Gasteiger partial charge in [0.1, 0.15) is 29.4 Å². The van der Waals surface area contributed by atoms with Gasteiger partial charge in [-0.25, -0.2) is 18.1 Å². The number of nitrogens with one attached hydrogen (secondary N) is 3. The van der Waals surface area contributed by atoms with E-state index >= 15 is 0 Å². The number of aromatic amines is 1. The molecule has 2 aliphatic heterocycles. The van der Waals surface area contributed by atoms with Crippen molar-refractivity contribution in [1.29, 1.82) is 0 Å².